The standard InChI is InChI=1S/C22H20N4OS/c1-13-4-5-17(10-14(13)2)20-12-26-21(25-20)19(11-23-22(26)28)16-6-8-18(9-7-16)24-15(3)27/h4-12,25H,1-3H3,(H,24,27). The van der Waals surface area contributed by atoms with Gasteiger partial charge in [0, 0.05) is 30.6 Å². The average molecular weight is 388 g/mol. The number of fused-ring (bicyclic) bond motifs is 1. The summed E-state index contributed by atoms with van der Waals surface area (Å²) in [5.41, 5.74) is 8.17. The van der Waals surface area contributed by atoms with Crippen molar-refractivity contribution in [2.24, 2.45) is 0 Å². The molecule has 0 fully saturated rings. The minimum atomic E-state index is -0.0924. The first-order chi connectivity index (χ1) is 13.4. The predicted octanol–water partition coefficient (Wildman–Crippen LogP) is 5.30. The van der Waals surface area contributed by atoms with Crippen molar-refractivity contribution in [3.05, 3.63) is 70.8 Å². The molecule has 4 rings (SSSR count). The summed E-state index contributed by atoms with van der Waals surface area (Å²) in [6, 6.07) is 14.1. The lowest BCUT2D eigenvalue weighted by atomic mass is 10.0. The number of nitrogens with zero attached hydrogens (tertiary/aromatic N) is 2. The molecule has 0 atom stereocenters. The molecule has 0 saturated carbocycles. The van der Waals surface area contributed by atoms with E-state index in [0.717, 1.165) is 33.7 Å². The van der Waals surface area contributed by atoms with Gasteiger partial charge in [-0.05, 0) is 66.5 Å². The van der Waals surface area contributed by atoms with Crippen molar-refractivity contribution in [3.8, 4) is 22.4 Å². The molecular weight excluding hydrogens is 368 g/mol. The third-order valence-corrected chi connectivity index (χ3v) is 5.15. The summed E-state index contributed by atoms with van der Waals surface area (Å²) >= 11 is 5.43. The molecule has 0 aliphatic carbocycles. The van der Waals surface area contributed by atoms with Gasteiger partial charge in [-0.2, -0.15) is 0 Å². The molecule has 6 heteroatoms. The van der Waals surface area contributed by atoms with Gasteiger partial charge in [0.25, 0.3) is 0 Å². The Bertz CT molecular complexity index is 1250. The molecule has 2 N–H and O–H groups in total. The van der Waals surface area contributed by atoms with Gasteiger partial charge in [-0.15, -0.1) is 0 Å². The quantitative estimate of drug-likeness (QED) is 0.468. The van der Waals surface area contributed by atoms with Crippen LogP contribution in [0.5, 0.6) is 0 Å². The molecule has 0 bridgehead atoms. The number of imidazole rings is 1. The van der Waals surface area contributed by atoms with E-state index in [2.05, 4.69) is 47.3 Å². The fourth-order valence-electron chi connectivity index (χ4n) is 3.21. The van der Waals surface area contributed by atoms with Gasteiger partial charge < -0.3 is 10.3 Å². The van der Waals surface area contributed by atoms with Crippen LogP contribution in [-0.2, 0) is 4.79 Å². The van der Waals surface area contributed by atoms with E-state index in [9.17, 15) is 4.79 Å². The van der Waals surface area contributed by atoms with Crippen molar-refractivity contribution >= 4 is 29.5 Å². The van der Waals surface area contributed by atoms with Crippen LogP contribution in [0.1, 0.15) is 18.1 Å². The first kappa shape index (κ1) is 18.1. The number of anilines is 1. The van der Waals surface area contributed by atoms with Gasteiger partial charge in [0.05, 0.1) is 5.69 Å². The molecule has 0 saturated heterocycles. The Morgan fingerprint density at radius 2 is 1.79 bits per heavy atom. The van der Waals surface area contributed by atoms with Crippen LogP contribution in [0, 0.1) is 18.6 Å². The Labute approximate surface area is 168 Å². The highest BCUT2D eigenvalue weighted by Crippen LogP contribution is 2.28. The number of H-pyrrole nitrogens is 1. The van der Waals surface area contributed by atoms with Crippen LogP contribution in [-0.4, -0.2) is 20.3 Å². The SMILES string of the molecule is CC(=O)Nc1ccc(-c2cnc(=S)n3cc(-c4ccc(C)c(C)c4)[nH]c23)cc1. The largest absolute Gasteiger partial charge is 0.339 e. The number of amides is 1. The van der Waals surface area contributed by atoms with Gasteiger partial charge in [0.2, 0.25) is 10.7 Å². The maximum Gasteiger partial charge on any atom is 0.221 e. The number of carbonyl (C=O) groups is 1. The fourth-order valence-corrected chi connectivity index (χ4v) is 3.40. The molecule has 4 aromatic rings. The van der Waals surface area contributed by atoms with E-state index in [4.69, 9.17) is 12.2 Å². The van der Waals surface area contributed by atoms with Crippen molar-refractivity contribution in [2.75, 3.05) is 5.32 Å². The third kappa shape index (κ3) is 3.34. The molecule has 0 unspecified atom stereocenters. The van der Waals surface area contributed by atoms with E-state index in [1.54, 1.807) is 6.20 Å². The van der Waals surface area contributed by atoms with E-state index in [1.807, 2.05) is 34.9 Å². The van der Waals surface area contributed by atoms with Gasteiger partial charge >= 0.3 is 0 Å². The number of rotatable bonds is 3. The van der Waals surface area contributed by atoms with Crippen LogP contribution in [0.4, 0.5) is 5.69 Å². The lowest BCUT2D eigenvalue weighted by Crippen LogP contribution is -2.05. The summed E-state index contributed by atoms with van der Waals surface area (Å²) in [6.45, 7) is 5.71. The van der Waals surface area contributed by atoms with Gasteiger partial charge in [-0.25, -0.2) is 4.98 Å². The Morgan fingerprint density at radius 1 is 1.07 bits per heavy atom. The zero-order valence-corrected chi connectivity index (χ0v) is 16.7. The highest BCUT2D eigenvalue weighted by atomic mass is 32.1. The zero-order valence-electron chi connectivity index (χ0n) is 15.9. The average Bonchev–Trinajstić information content (AvgIpc) is 3.11. The van der Waals surface area contributed by atoms with Crippen LogP contribution >= 0.6 is 12.2 Å². The summed E-state index contributed by atoms with van der Waals surface area (Å²) in [6.07, 6.45) is 3.77. The monoisotopic (exact) mass is 388 g/mol. The molecule has 140 valence electrons. The van der Waals surface area contributed by atoms with Gasteiger partial charge in [0.1, 0.15) is 5.65 Å². The molecule has 2 heterocycles. The molecule has 5 nitrogen and oxygen atoms in total. The normalized spacial score (nSPS) is 11.0. The summed E-state index contributed by atoms with van der Waals surface area (Å²) < 4.78 is 2.40. The second-order valence-electron chi connectivity index (χ2n) is 6.90. The van der Waals surface area contributed by atoms with Gasteiger partial charge in [-0.1, -0.05) is 24.3 Å². The minimum absolute atomic E-state index is 0.0924. The van der Waals surface area contributed by atoms with Crippen molar-refractivity contribution in [1.82, 2.24) is 14.4 Å². The molecule has 2 aromatic heterocycles. The molecular formula is C22H20N4OS. The van der Waals surface area contributed by atoms with E-state index in [0.29, 0.717) is 4.77 Å². The highest BCUT2D eigenvalue weighted by molar-refractivity contribution is 7.71. The number of hydrogen-bond donors (Lipinski definition) is 2. The molecule has 0 aliphatic rings. The van der Waals surface area contributed by atoms with Crippen molar-refractivity contribution in [1.29, 1.82) is 0 Å². The van der Waals surface area contributed by atoms with Gasteiger partial charge in [-0.3, -0.25) is 9.20 Å². The number of benzene rings is 2. The number of aryl methyl sites for hydroxylation is 2. The fraction of sp³-hybridized carbons (Fsp3) is 0.136. The lowest BCUT2D eigenvalue weighted by molar-refractivity contribution is -0.114. The number of hydrogen-bond acceptors (Lipinski definition) is 3. The maximum absolute atomic E-state index is 11.2. The maximum atomic E-state index is 11.2. The van der Waals surface area contributed by atoms with Crippen molar-refractivity contribution in [2.45, 2.75) is 20.8 Å². The van der Waals surface area contributed by atoms with E-state index in [1.165, 1.54) is 18.1 Å². The van der Waals surface area contributed by atoms with Crippen LogP contribution in [0.25, 0.3) is 28.0 Å². The molecule has 2 aromatic carbocycles. The van der Waals surface area contributed by atoms with Crippen LogP contribution in [0.15, 0.2) is 54.9 Å². The summed E-state index contributed by atoms with van der Waals surface area (Å²) in [5, 5.41) is 2.78. The molecule has 0 spiro atoms. The summed E-state index contributed by atoms with van der Waals surface area (Å²) in [5.74, 6) is -0.0924. The Hall–Kier alpha value is -3.25. The summed E-state index contributed by atoms with van der Waals surface area (Å²) in [7, 11) is 0. The van der Waals surface area contributed by atoms with Crippen LogP contribution < -0.4 is 5.32 Å². The predicted molar refractivity (Wildman–Crippen MR) is 115 cm³/mol. The number of aromatic nitrogens is 3. The van der Waals surface area contributed by atoms with Crippen LogP contribution in [0.3, 0.4) is 0 Å². The molecule has 0 aliphatic heterocycles. The number of carbonyl (C=O) groups excluding carboxylic acids is 1. The third-order valence-electron chi connectivity index (χ3n) is 4.85. The first-order valence-corrected chi connectivity index (χ1v) is 9.39. The second kappa shape index (κ2) is 7.05. The second-order valence-corrected chi connectivity index (χ2v) is 7.26. The Balaban J connectivity index is 1.83. The minimum Gasteiger partial charge on any atom is -0.339 e. The Morgan fingerprint density at radius 3 is 2.46 bits per heavy atom. The van der Waals surface area contributed by atoms with E-state index in [-0.39, 0.29) is 5.91 Å². The Kier molecular flexibility index (Phi) is 4.57. The highest BCUT2D eigenvalue weighted by Gasteiger charge is 2.11. The zero-order chi connectivity index (χ0) is 19.8. The molecule has 0 radical (unpaired) electrons. The van der Waals surface area contributed by atoms with Gasteiger partial charge in [0.15, 0.2) is 0 Å². The smallest absolute Gasteiger partial charge is 0.221 e. The molecule has 1 amide bonds. The van der Waals surface area contributed by atoms with Crippen LogP contribution in [0.2, 0.25) is 0 Å². The topological polar surface area (TPSA) is 62.2 Å². The van der Waals surface area contributed by atoms with Crippen molar-refractivity contribution in [3.63, 3.8) is 0 Å². The summed E-state index contributed by atoms with van der Waals surface area (Å²) in [4.78, 5) is 19.1. The van der Waals surface area contributed by atoms with E-state index < -0.39 is 0 Å². The van der Waals surface area contributed by atoms with E-state index >= 15 is 0 Å². The van der Waals surface area contributed by atoms with Crippen molar-refractivity contribution < 1.29 is 4.79 Å². The number of nitrogens with one attached hydrogen (secondary N) is 2. The lowest BCUT2D eigenvalue weighted by Gasteiger charge is -2.06. The number of aromatic amines is 1. The first-order valence-electron chi connectivity index (χ1n) is 8.98. The molecule has 28 heavy (non-hydrogen) atoms.